The summed E-state index contributed by atoms with van der Waals surface area (Å²) in [6.45, 7) is 4.35. The van der Waals surface area contributed by atoms with Crippen molar-refractivity contribution in [1.29, 1.82) is 0 Å². The zero-order valence-corrected chi connectivity index (χ0v) is 13.5. The Bertz CT molecular complexity index is 565. The number of rotatable bonds is 3. The van der Waals surface area contributed by atoms with Gasteiger partial charge in [-0.15, -0.1) is 0 Å². The van der Waals surface area contributed by atoms with Gasteiger partial charge >= 0.3 is 0 Å². The van der Waals surface area contributed by atoms with Gasteiger partial charge < -0.3 is 0 Å². The highest BCUT2D eigenvalue weighted by Crippen LogP contribution is 2.40. The van der Waals surface area contributed by atoms with Gasteiger partial charge in [0.1, 0.15) is 0 Å². The minimum absolute atomic E-state index is 0.0470. The monoisotopic (exact) mass is 297 g/mol. The van der Waals surface area contributed by atoms with Crippen molar-refractivity contribution in [3.8, 4) is 0 Å². The molecule has 0 radical (unpaired) electrons. The summed E-state index contributed by atoms with van der Waals surface area (Å²) in [7, 11) is 0. The fraction of sp³-hybridized carbons (Fsp3) is 0.368. The molecule has 1 saturated heterocycles. The third-order valence-electron chi connectivity index (χ3n) is 4.55. The van der Waals surface area contributed by atoms with Gasteiger partial charge in [-0.25, -0.2) is 0 Å². The van der Waals surface area contributed by atoms with E-state index in [2.05, 4.69) is 72.5 Å². The van der Waals surface area contributed by atoms with Crippen LogP contribution >= 0.6 is 12.6 Å². The van der Waals surface area contributed by atoms with Crippen molar-refractivity contribution in [1.82, 2.24) is 4.90 Å². The average molecular weight is 297 g/mol. The van der Waals surface area contributed by atoms with E-state index in [0.717, 1.165) is 19.5 Å². The largest absolute Gasteiger partial charge is 0.285 e. The highest BCUT2D eigenvalue weighted by molar-refractivity contribution is 7.81. The number of benzene rings is 2. The van der Waals surface area contributed by atoms with Crippen LogP contribution in [0.15, 0.2) is 60.7 Å². The summed E-state index contributed by atoms with van der Waals surface area (Å²) in [6.07, 6.45) is 2.32. The van der Waals surface area contributed by atoms with Gasteiger partial charge in [0.2, 0.25) is 0 Å². The number of hydrogen-bond acceptors (Lipinski definition) is 2. The Balaban J connectivity index is 1.70. The Hall–Kier alpha value is -1.25. The molecule has 2 heteroatoms. The number of piperidine rings is 1. The first-order chi connectivity index (χ1) is 10.1. The third kappa shape index (κ3) is 3.50. The molecule has 0 saturated carbocycles. The molecular weight excluding hydrogens is 274 g/mol. The summed E-state index contributed by atoms with van der Waals surface area (Å²) in [5, 5.41) is 0. The molecule has 2 atom stereocenters. The average Bonchev–Trinajstić information content (AvgIpc) is 2.51. The van der Waals surface area contributed by atoms with Crippen LogP contribution in [0.25, 0.3) is 0 Å². The standard InChI is InChI=1S/C19H23NS/c1-19(21)14-18(17-10-6-3-7-11-17)12-13-20(19)15-16-8-4-2-5-9-16/h2-11,18,21H,12-15H2,1H3. The maximum absolute atomic E-state index is 4.98. The Morgan fingerprint density at radius 2 is 1.67 bits per heavy atom. The van der Waals surface area contributed by atoms with E-state index in [0.29, 0.717) is 5.92 Å². The summed E-state index contributed by atoms with van der Waals surface area (Å²) in [5.74, 6) is 0.626. The molecular formula is C19H23NS. The van der Waals surface area contributed by atoms with Crippen molar-refractivity contribution in [3.63, 3.8) is 0 Å². The van der Waals surface area contributed by atoms with Crippen LogP contribution in [0.2, 0.25) is 0 Å². The topological polar surface area (TPSA) is 3.24 Å². The van der Waals surface area contributed by atoms with Gasteiger partial charge in [0.05, 0.1) is 4.87 Å². The van der Waals surface area contributed by atoms with Crippen LogP contribution in [0, 0.1) is 0 Å². The van der Waals surface area contributed by atoms with Gasteiger partial charge in [-0.3, -0.25) is 4.90 Å². The van der Waals surface area contributed by atoms with Crippen molar-refractivity contribution in [2.24, 2.45) is 0 Å². The molecule has 0 aliphatic carbocycles. The van der Waals surface area contributed by atoms with E-state index in [-0.39, 0.29) is 4.87 Å². The van der Waals surface area contributed by atoms with E-state index in [4.69, 9.17) is 12.6 Å². The molecule has 0 N–H and O–H groups in total. The molecule has 1 heterocycles. The molecule has 1 nitrogen and oxygen atoms in total. The molecule has 2 aromatic rings. The van der Waals surface area contributed by atoms with Crippen molar-refractivity contribution in [2.75, 3.05) is 6.54 Å². The number of likely N-dealkylation sites (tertiary alicyclic amines) is 1. The van der Waals surface area contributed by atoms with Gasteiger partial charge in [0, 0.05) is 13.1 Å². The summed E-state index contributed by atoms with van der Waals surface area (Å²) < 4.78 is 0. The first kappa shape index (κ1) is 14.7. The van der Waals surface area contributed by atoms with Gasteiger partial charge in [-0.1, -0.05) is 60.7 Å². The van der Waals surface area contributed by atoms with Crippen LogP contribution in [0.3, 0.4) is 0 Å². The highest BCUT2D eigenvalue weighted by Gasteiger charge is 2.35. The summed E-state index contributed by atoms with van der Waals surface area (Å²) in [4.78, 5) is 2.46. The van der Waals surface area contributed by atoms with Crippen LogP contribution < -0.4 is 0 Å². The minimum atomic E-state index is -0.0470. The number of nitrogens with zero attached hydrogens (tertiary/aromatic N) is 1. The summed E-state index contributed by atoms with van der Waals surface area (Å²) >= 11 is 4.98. The quantitative estimate of drug-likeness (QED) is 0.803. The molecule has 1 fully saturated rings. The summed E-state index contributed by atoms with van der Waals surface area (Å²) in [6, 6.07) is 21.6. The van der Waals surface area contributed by atoms with Gasteiger partial charge in [0.25, 0.3) is 0 Å². The molecule has 110 valence electrons. The van der Waals surface area contributed by atoms with Crippen LogP contribution in [0.4, 0.5) is 0 Å². The fourth-order valence-electron chi connectivity index (χ4n) is 3.31. The molecule has 21 heavy (non-hydrogen) atoms. The molecule has 0 amide bonds. The van der Waals surface area contributed by atoms with Gasteiger partial charge in [-0.05, 0) is 36.8 Å². The lowest BCUT2D eigenvalue weighted by Crippen LogP contribution is -2.47. The Morgan fingerprint density at radius 1 is 1.05 bits per heavy atom. The lowest BCUT2D eigenvalue weighted by Gasteiger charge is -2.45. The van der Waals surface area contributed by atoms with E-state index in [1.165, 1.54) is 17.5 Å². The smallest absolute Gasteiger partial charge is 0.0620 e. The fourth-order valence-corrected chi connectivity index (χ4v) is 3.70. The maximum Gasteiger partial charge on any atom is 0.0620 e. The van der Waals surface area contributed by atoms with Gasteiger partial charge in [0.15, 0.2) is 0 Å². The molecule has 1 aliphatic rings. The van der Waals surface area contributed by atoms with Crippen molar-refractivity contribution >= 4 is 12.6 Å². The molecule has 3 rings (SSSR count). The van der Waals surface area contributed by atoms with E-state index in [1.807, 2.05) is 0 Å². The minimum Gasteiger partial charge on any atom is -0.285 e. The molecule has 0 aromatic heterocycles. The van der Waals surface area contributed by atoms with Crippen molar-refractivity contribution < 1.29 is 0 Å². The van der Waals surface area contributed by atoms with Crippen LogP contribution in [0.1, 0.15) is 36.8 Å². The second kappa shape index (κ2) is 6.25. The Labute approximate surface area is 133 Å². The molecule has 1 aliphatic heterocycles. The summed E-state index contributed by atoms with van der Waals surface area (Å²) in [5.41, 5.74) is 2.83. The number of hydrogen-bond donors (Lipinski definition) is 1. The van der Waals surface area contributed by atoms with E-state index >= 15 is 0 Å². The molecule has 0 bridgehead atoms. The molecule has 2 aromatic carbocycles. The first-order valence-corrected chi connectivity index (χ1v) is 8.16. The highest BCUT2D eigenvalue weighted by atomic mass is 32.1. The molecule has 0 spiro atoms. The van der Waals surface area contributed by atoms with Gasteiger partial charge in [-0.2, -0.15) is 12.6 Å². The Kier molecular flexibility index (Phi) is 4.37. The Morgan fingerprint density at radius 3 is 2.29 bits per heavy atom. The molecule has 2 unspecified atom stereocenters. The second-order valence-corrected chi connectivity index (χ2v) is 7.19. The van der Waals surface area contributed by atoms with Crippen LogP contribution in [0.5, 0.6) is 0 Å². The first-order valence-electron chi connectivity index (χ1n) is 7.71. The lowest BCUT2D eigenvalue weighted by molar-refractivity contribution is 0.115. The van der Waals surface area contributed by atoms with E-state index in [9.17, 15) is 0 Å². The third-order valence-corrected chi connectivity index (χ3v) is 5.01. The maximum atomic E-state index is 4.98. The zero-order chi connectivity index (χ0) is 14.7. The SMILES string of the molecule is CC1(S)CC(c2ccccc2)CCN1Cc1ccccc1. The van der Waals surface area contributed by atoms with Crippen LogP contribution in [-0.2, 0) is 6.54 Å². The zero-order valence-electron chi connectivity index (χ0n) is 12.6. The second-order valence-electron chi connectivity index (χ2n) is 6.22. The van der Waals surface area contributed by atoms with E-state index < -0.39 is 0 Å². The van der Waals surface area contributed by atoms with Crippen LogP contribution in [-0.4, -0.2) is 16.3 Å². The van der Waals surface area contributed by atoms with E-state index in [1.54, 1.807) is 0 Å². The number of thiol groups is 1. The van der Waals surface area contributed by atoms with Crippen molar-refractivity contribution in [3.05, 3.63) is 71.8 Å². The lowest BCUT2D eigenvalue weighted by atomic mass is 9.85. The predicted molar refractivity (Wildman–Crippen MR) is 92.7 cm³/mol. The predicted octanol–water partition coefficient (Wildman–Crippen LogP) is 4.71. The normalized spacial score (nSPS) is 26.7. The van der Waals surface area contributed by atoms with Crippen molar-refractivity contribution in [2.45, 2.75) is 37.1 Å².